The Morgan fingerprint density at radius 2 is 2.06 bits per heavy atom. The number of para-hydroxylation sites is 1. The molecule has 2 aromatic rings. The minimum atomic E-state index is -0.116. The fraction of sp³-hybridized carbons (Fsp3) is 0.133. The number of aliphatic hydroxyl groups excluding tert-OH is 1. The van der Waals surface area contributed by atoms with Crippen LogP contribution in [0, 0.1) is 0 Å². The Morgan fingerprint density at radius 1 is 1.33 bits per heavy atom. The SMILES string of the molecule is C/C=C\C(=C(/C)O)c1cc(=O)c2ccccc2o1. The molecule has 0 aliphatic heterocycles. The maximum absolute atomic E-state index is 11.9. The molecule has 0 unspecified atom stereocenters. The Morgan fingerprint density at radius 3 is 2.72 bits per heavy atom. The molecule has 1 N–H and O–H groups in total. The Labute approximate surface area is 105 Å². The van der Waals surface area contributed by atoms with Gasteiger partial charge < -0.3 is 9.52 Å². The van der Waals surface area contributed by atoms with E-state index in [4.69, 9.17) is 4.42 Å². The predicted octanol–water partition coefficient (Wildman–Crippen LogP) is 3.66. The predicted molar refractivity (Wildman–Crippen MR) is 72.5 cm³/mol. The van der Waals surface area contributed by atoms with Crippen LogP contribution in [0.3, 0.4) is 0 Å². The van der Waals surface area contributed by atoms with E-state index in [1.165, 1.54) is 6.07 Å². The lowest BCUT2D eigenvalue weighted by Gasteiger charge is -2.04. The third-order valence-electron chi connectivity index (χ3n) is 2.62. The Kier molecular flexibility index (Phi) is 3.33. The Bertz CT molecular complexity index is 686. The molecule has 0 aliphatic rings. The summed E-state index contributed by atoms with van der Waals surface area (Å²) in [7, 11) is 0. The lowest BCUT2D eigenvalue weighted by molar-refractivity contribution is 0.415. The molecule has 3 nitrogen and oxygen atoms in total. The first-order valence-electron chi connectivity index (χ1n) is 5.69. The van der Waals surface area contributed by atoms with Gasteiger partial charge in [-0.25, -0.2) is 0 Å². The summed E-state index contributed by atoms with van der Waals surface area (Å²) in [6.07, 6.45) is 3.49. The smallest absolute Gasteiger partial charge is 0.193 e. The van der Waals surface area contributed by atoms with Crippen LogP contribution in [-0.4, -0.2) is 5.11 Å². The van der Waals surface area contributed by atoms with E-state index < -0.39 is 0 Å². The summed E-state index contributed by atoms with van der Waals surface area (Å²) in [5.74, 6) is 0.489. The lowest BCUT2D eigenvalue weighted by atomic mass is 10.1. The summed E-state index contributed by atoms with van der Waals surface area (Å²) < 4.78 is 5.65. The zero-order chi connectivity index (χ0) is 13.1. The highest BCUT2D eigenvalue weighted by molar-refractivity contribution is 5.80. The van der Waals surface area contributed by atoms with Crippen molar-refractivity contribution in [3.05, 3.63) is 64.2 Å². The number of aliphatic hydroxyl groups is 1. The van der Waals surface area contributed by atoms with Crippen molar-refractivity contribution in [2.75, 3.05) is 0 Å². The van der Waals surface area contributed by atoms with E-state index >= 15 is 0 Å². The van der Waals surface area contributed by atoms with Crippen LogP contribution < -0.4 is 5.43 Å². The van der Waals surface area contributed by atoms with Crippen LogP contribution in [0.2, 0.25) is 0 Å². The van der Waals surface area contributed by atoms with Crippen LogP contribution in [0.1, 0.15) is 19.6 Å². The molecule has 1 aromatic carbocycles. The van der Waals surface area contributed by atoms with Crippen LogP contribution in [0.5, 0.6) is 0 Å². The van der Waals surface area contributed by atoms with Crippen molar-refractivity contribution in [2.45, 2.75) is 13.8 Å². The van der Waals surface area contributed by atoms with Gasteiger partial charge in [0.15, 0.2) is 5.43 Å². The normalized spacial score (nSPS) is 13.0. The van der Waals surface area contributed by atoms with Gasteiger partial charge in [0.2, 0.25) is 0 Å². The number of rotatable bonds is 2. The molecule has 0 amide bonds. The highest BCUT2D eigenvalue weighted by atomic mass is 16.3. The summed E-state index contributed by atoms with van der Waals surface area (Å²) >= 11 is 0. The van der Waals surface area contributed by atoms with Crippen LogP contribution in [0.25, 0.3) is 16.5 Å². The zero-order valence-corrected chi connectivity index (χ0v) is 10.3. The molecule has 1 heterocycles. The van der Waals surface area contributed by atoms with Crippen molar-refractivity contribution < 1.29 is 9.52 Å². The van der Waals surface area contributed by atoms with Crippen LogP contribution in [-0.2, 0) is 0 Å². The first-order valence-corrected chi connectivity index (χ1v) is 5.69. The minimum Gasteiger partial charge on any atom is -0.512 e. The molecule has 1 aromatic heterocycles. The molecule has 0 saturated carbocycles. The molecule has 0 fully saturated rings. The minimum absolute atomic E-state index is 0.116. The third-order valence-corrected chi connectivity index (χ3v) is 2.62. The maximum atomic E-state index is 11.9. The summed E-state index contributed by atoms with van der Waals surface area (Å²) in [4.78, 5) is 11.9. The maximum Gasteiger partial charge on any atom is 0.193 e. The highest BCUT2D eigenvalue weighted by Crippen LogP contribution is 2.21. The Hall–Kier alpha value is -2.29. The van der Waals surface area contributed by atoms with Crippen molar-refractivity contribution in [1.29, 1.82) is 0 Å². The van der Waals surface area contributed by atoms with Crippen LogP contribution in [0.15, 0.2) is 57.5 Å². The third kappa shape index (κ3) is 2.20. The average molecular weight is 242 g/mol. The van der Waals surface area contributed by atoms with E-state index in [2.05, 4.69) is 0 Å². The van der Waals surface area contributed by atoms with Gasteiger partial charge in [0.1, 0.15) is 17.1 Å². The molecule has 0 spiro atoms. The van der Waals surface area contributed by atoms with Gasteiger partial charge in [-0.1, -0.05) is 24.3 Å². The molecule has 0 bridgehead atoms. The second kappa shape index (κ2) is 4.92. The fourth-order valence-electron chi connectivity index (χ4n) is 1.78. The van der Waals surface area contributed by atoms with Crippen molar-refractivity contribution in [3.8, 4) is 0 Å². The lowest BCUT2D eigenvalue weighted by Crippen LogP contribution is -2.01. The molecular formula is C15H14O3. The van der Waals surface area contributed by atoms with Crippen molar-refractivity contribution in [3.63, 3.8) is 0 Å². The van der Waals surface area contributed by atoms with E-state index in [1.54, 1.807) is 43.3 Å². The van der Waals surface area contributed by atoms with Crippen LogP contribution >= 0.6 is 0 Å². The summed E-state index contributed by atoms with van der Waals surface area (Å²) in [6, 6.07) is 8.45. The van der Waals surface area contributed by atoms with Gasteiger partial charge in [-0.15, -0.1) is 0 Å². The largest absolute Gasteiger partial charge is 0.512 e. The summed E-state index contributed by atoms with van der Waals surface area (Å²) in [6.45, 7) is 3.40. The number of hydrogen-bond donors (Lipinski definition) is 1. The molecule has 2 rings (SSSR count). The average Bonchev–Trinajstić information content (AvgIpc) is 2.35. The second-order valence-electron chi connectivity index (χ2n) is 3.97. The van der Waals surface area contributed by atoms with Gasteiger partial charge in [-0.3, -0.25) is 4.79 Å². The first-order chi connectivity index (χ1) is 8.63. The van der Waals surface area contributed by atoms with Crippen LogP contribution in [0.4, 0.5) is 0 Å². The molecule has 92 valence electrons. The highest BCUT2D eigenvalue weighted by Gasteiger charge is 2.09. The van der Waals surface area contributed by atoms with E-state index in [1.807, 2.05) is 6.92 Å². The summed E-state index contributed by atoms with van der Waals surface area (Å²) in [5, 5.41) is 10.2. The van der Waals surface area contributed by atoms with Gasteiger partial charge in [0.05, 0.1) is 11.0 Å². The van der Waals surface area contributed by atoms with E-state index in [-0.39, 0.29) is 11.2 Å². The second-order valence-corrected chi connectivity index (χ2v) is 3.97. The number of benzene rings is 1. The van der Waals surface area contributed by atoms with Gasteiger partial charge in [0.25, 0.3) is 0 Å². The number of fused-ring (bicyclic) bond motifs is 1. The van der Waals surface area contributed by atoms with E-state index in [0.29, 0.717) is 22.3 Å². The van der Waals surface area contributed by atoms with Gasteiger partial charge in [-0.05, 0) is 26.0 Å². The van der Waals surface area contributed by atoms with Crippen molar-refractivity contribution >= 4 is 16.5 Å². The molecule has 0 atom stereocenters. The van der Waals surface area contributed by atoms with Gasteiger partial charge >= 0.3 is 0 Å². The Balaban J connectivity index is 2.74. The molecule has 18 heavy (non-hydrogen) atoms. The molecule has 0 radical (unpaired) electrons. The number of hydrogen-bond acceptors (Lipinski definition) is 3. The fourth-order valence-corrected chi connectivity index (χ4v) is 1.78. The quantitative estimate of drug-likeness (QED) is 0.645. The first kappa shape index (κ1) is 12.2. The molecule has 0 saturated heterocycles. The number of allylic oxidation sites excluding steroid dienone is 4. The van der Waals surface area contributed by atoms with E-state index in [9.17, 15) is 9.90 Å². The standard InChI is InChI=1S/C15H14O3/c1-3-6-11(10(2)16)15-9-13(17)12-7-4-5-8-14(12)18-15/h3-9,16H,1-2H3/b6-3-,11-10-. The molecule has 3 heteroatoms. The van der Waals surface area contributed by atoms with Crippen molar-refractivity contribution in [1.82, 2.24) is 0 Å². The van der Waals surface area contributed by atoms with Crippen molar-refractivity contribution in [2.24, 2.45) is 0 Å². The van der Waals surface area contributed by atoms with Gasteiger partial charge in [-0.2, -0.15) is 0 Å². The molecule has 0 aliphatic carbocycles. The monoisotopic (exact) mass is 242 g/mol. The summed E-state index contributed by atoms with van der Waals surface area (Å²) in [5.41, 5.74) is 0.915. The topological polar surface area (TPSA) is 50.4 Å². The van der Waals surface area contributed by atoms with E-state index in [0.717, 1.165) is 0 Å². The molecular weight excluding hydrogens is 228 g/mol. The van der Waals surface area contributed by atoms with Gasteiger partial charge in [0, 0.05) is 6.07 Å². The zero-order valence-electron chi connectivity index (χ0n) is 10.3.